The zero-order valence-electron chi connectivity index (χ0n) is 15.3. The van der Waals surface area contributed by atoms with Crippen LogP contribution in [0.25, 0.3) is 9.53 Å². The van der Waals surface area contributed by atoms with Gasteiger partial charge < -0.3 is 19.3 Å². The summed E-state index contributed by atoms with van der Waals surface area (Å²) in [6.45, 7) is 9.53. The van der Waals surface area contributed by atoms with Gasteiger partial charge in [0.1, 0.15) is 4.83 Å². The van der Waals surface area contributed by atoms with E-state index in [0.29, 0.717) is 19.7 Å². The second kappa shape index (κ2) is 7.42. The number of hydrogen-bond acceptors (Lipinski definition) is 7. The number of carbonyl (C=O) groups excluding carboxylic acids is 1. The molecule has 0 saturated carbocycles. The highest BCUT2D eigenvalue weighted by Gasteiger charge is 2.40. The first-order valence-electron chi connectivity index (χ1n) is 9.30. The smallest absolute Gasteiger partial charge is 0.264 e. The summed E-state index contributed by atoms with van der Waals surface area (Å²) in [7, 11) is 0. The number of morpholine rings is 1. The van der Waals surface area contributed by atoms with Crippen molar-refractivity contribution in [2.24, 2.45) is 0 Å². The van der Waals surface area contributed by atoms with Crippen LogP contribution in [0.3, 0.4) is 0 Å². The van der Waals surface area contributed by atoms with E-state index >= 15 is 0 Å². The van der Waals surface area contributed by atoms with E-state index in [1.165, 1.54) is 11.3 Å². The van der Waals surface area contributed by atoms with Crippen LogP contribution in [0.15, 0.2) is 6.07 Å². The average Bonchev–Trinajstić information content (AvgIpc) is 3.22. The number of aromatic nitrogens is 1. The molecule has 0 aliphatic carbocycles. The van der Waals surface area contributed by atoms with Crippen molar-refractivity contribution in [2.75, 3.05) is 50.9 Å². The van der Waals surface area contributed by atoms with Crippen LogP contribution in [0.1, 0.15) is 36.4 Å². The number of fused-ring (bicyclic) bond motifs is 1. The molecule has 0 radical (unpaired) electrons. The van der Waals surface area contributed by atoms with Gasteiger partial charge >= 0.3 is 0 Å². The van der Waals surface area contributed by atoms with E-state index in [2.05, 4.69) is 18.7 Å². The number of ether oxygens (including phenoxy) is 2. The predicted octanol–water partition coefficient (Wildman–Crippen LogP) is 3.23. The molecule has 4 rings (SSSR count). The number of carbonyl (C=O) groups is 1. The van der Waals surface area contributed by atoms with Crippen molar-refractivity contribution in [1.29, 1.82) is 0 Å². The molecule has 2 aromatic heterocycles. The average molecular weight is 396 g/mol. The van der Waals surface area contributed by atoms with E-state index in [1.807, 2.05) is 11.0 Å². The summed E-state index contributed by atoms with van der Waals surface area (Å²) in [5.74, 6) is 0.110. The van der Waals surface area contributed by atoms with Gasteiger partial charge in [0, 0.05) is 45.7 Å². The van der Waals surface area contributed by atoms with Crippen molar-refractivity contribution in [3.8, 4) is 0 Å². The van der Waals surface area contributed by atoms with Crippen LogP contribution in [0.2, 0.25) is 0 Å². The zero-order chi connectivity index (χ0) is 18.1. The molecule has 142 valence electrons. The summed E-state index contributed by atoms with van der Waals surface area (Å²) in [6, 6.07) is 2.01. The first-order chi connectivity index (χ1) is 12.6. The van der Waals surface area contributed by atoms with Gasteiger partial charge in [0.15, 0.2) is 5.13 Å². The van der Waals surface area contributed by atoms with E-state index in [-0.39, 0.29) is 11.5 Å². The van der Waals surface area contributed by atoms with Gasteiger partial charge in [-0.15, -0.1) is 11.3 Å². The summed E-state index contributed by atoms with van der Waals surface area (Å²) in [5.41, 5.74) is -0.213. The normalized spacial score (nSPS) is 20.0. The standard InChI is InChI=1S/C18H25N3O3S2/c1-3-20(4-2)17-19-15-13(26-17)11-14(25-15)16(22)21-7-10-24-18(12-21)5-8-23-9-6-18/h11H,3-10,12H2,1-2H3. The van der Waals surface area contributed by atoms with Gasteiger partial charge in [-0.2, -0.15) is 0 Å². The molecule has 2 saturated heterocycles. The molecule has 26 heavy (non-hydrogen) atoms. The van der Waals surface area contributed by atoms with Gasteiger partial charge in [0.05, 0.1) is 28.3 Å². The summed E-state index contributed by atoms with van der Waals surface area (Å²) in [5, 5.41) is 1.04. The quantitative estimate of drug-likeness (QED) is 0.796. The number of hydrogen-bond donors (Lipinski definition) is 0. The molecule has 2 aromatic rings. The van der Waals surface area contributed by atoms with Gasteiger partial charge in [0.25, 0.3) is 5.91 Å². The third-order valence-corrected chi connectivity index (χ3v) is 7.47. The van der Waals surface area contributed by atoms with E-state index < -0.39 is 0 Å². The van der Waals surface area contributed by atoms with Crippen LogP contribution in [0.4, 0.5) is 5.13 Å². The lowest BCUT2D eigenvalue weighted by Crippen LogP contribution is -2.55. The number of thiazole rings is 1. The van der Waals surface area contributed by atoms with Crippen LogP contribution in [-0.4, -0.2) is 67.4 Å². The molecule has 1 spiro atoms. The third-order valence-electron chi connectivity index (χ3n) is 5.26. The maximum absolute atomic E-state index is 13.0. The van der Waals surface area contributed by atoms with Crippen molar-refractivity contribution < 1.29 is 14.3 Å². The van der Waals surface area contributed by atoms with Crippen LogP contribution < -0.4 is 4.90 Å². The van der Waals surface area contributed by atoms with Crippen LogP contribution in [0.5, 0.6) is 0 Å². The van der Waals surface area contributed by atoms with Crippen molar-refractivity contribution in [3.05, 3.63) is 10.9 Å². The Morgan fingerprint density at radius 1 is 1.27 bits per heavy atom. The van der Waals surface area contributed by atoms with Crippen molar-refractivity contribution in [2.45, 2.75) is 32.3 Å². The van der Waals surface area contributed by atoms with Gasteiger partial charge in [-0.3, -0.25) is 4.79 Å². The molecule has 6 nitrogen and oxygen atoms in total. The third kappa shape index (κ3) is 3.35. The molecule has 2 aliphatic rings. The summed E-state index contributed by atoms with van der Waals surface area (Å²) in [6.07, 6.45) is 1.73. The summed E-state index contributed by atoms with van der Waals surface area (Å²) >= 11 is 3.18. The van der Waals surface area contributed by atoms with Crippen molar-refractivity contribution >= 4 is 43.2 Å². The van der Waals surface area contributed by atoms with E-state index in [9.17, 15) is 4.79 Å². The largest absolute Gasteiger partial charge is 0.381 e. The highest BCUT2D eigenvalue weighted by Crippen LogP contribution is 2.36. The first kappa shape index (κ1) is 18.2. The number of amides is 1. The maximum atomic E-state index is 13.0. The molecule has 2 fully saturated rings. The van der Waals surface area contributed by atoms with Gasteiger partial charge in [0.2, 0.25) is 0 Å². The number of anilines is 1. The Kier molecular flexibility index (Phi) is 5.18. The molecule has 4 heterocycles. The molecule has 2 aliphatic heterocycles. The molecular weight excluding hydrogens is 370 g/mol. The molecule has 0 N–H and O–H groups in total. The lowest BCUT2D eigenvalue weighted by molar-refractivity contribution is -0.146. The highest BCUT2D eigenvalue weighted by molar-refractivity contribution is 7.29. The minimum atomic E-state index is -0.213. The number of thiophene rings is 1. The lowest BCUT2D eigenvalue weighted by atomic mass is 9.92. The first-order valence-corrected chi connectivity index (χ1v) is 10.9. The van der Waals surface area contributed by atoms with Gasteiger partial charge in [-0.05, 0) is 19.9 Å². The van der Waals surface area contributed by atoms with E-state index in [4.69, 9.17) is 14.5 Å². The summed E-state index contributed by atoms with van der Waals surface area (Å²) < 4.78 is 12.6. The second-order valence-electron chi connectivity index (χ2n) is 6.82. The molecule has 1 amide bonds. The van der Waals surface area contributed by atoms with Crippen molar-refractivity contribution in [1.82, 2.24) is 9.88 Å². The van der Waals surface area contributed by atoms with Crippen LogP contribution >= 0.6 is 22.7 Å². The van der Waals surface area contributed by atoms with E-state index in [1.54, 1.807) is 11.3 Å². The Labute approximate surface area is 161 Å². The van der Waals surface area contributed by atoms with Crippen molar-refractivity contribution in [3.63, 3.8) is 0 Å². The minimum absolute atomic E-state index is 0.110. The van der Waals surface area contributed by atoms with Gasteiger partial charge in [-0.1, -0.05) is 11.3 Å². The molecule has 0 unspecified atom stereocenters. The Hall–Kier alpha value is -1.22. The van der Waals surface area contributed by atoms with Crippen LogP contribution in [0, 0.1) is 0 Å². The molecule has 0 bridgehead atoms. The predicted molar refractivity (Wildman–Crippen MR) is 106 cm³/mol. The SMILES string of the molecule is CCN(CC)c1nc2sc(C(=O)N3CCOC4(CCOCC4)C3)cc2s1. The Balaban J connectivity index is 1.51. The fourth-order valence-corrected chi connectivity index (χ4v) is 5.98. The monoisotopic (exact) mass is 395 g/mol. The summed E-state index contributed by atoms with van der Waals surface area (Å²) in [4.78, 5) is 23.7. The topological polar surface area (TPSA) is 54.9 Å². The minimum Gasteiger partial charge on any atom is -0.381 e. The van der Waals surface area contributed by atoms with Gasteiger partial charge in [-0.25, -0.2) is 4.98 Å². The Morgan fingerprint density at radius 3 is 2.73 bits per heavy atom. The molecule has 0 atom stereocenters. The highest BCUT2D eigenvalue weighted by atomic mass is 32.1. The maximum Gasteiger partial charge on any atom is 0.264 e. The Morgan fingerprint density at radius 2 is 2.04 bits per heavy atom. The fourth-order valence-electron chi connectivity index (χ4n) is 3.68. The lowest BCUT2D eigenvalue weighted by Gasteiger charge is -2.44. The Bertz CT molecular complexity index is 741. The second-order valence-corrected chi connectivity index (χ2v) is 8.86. The number of rotatable bonds is 4. The number of nitrogens with zero attached hydrogens (tertiary/aromatic N) is 3. The molecule has 8 heteroatoms. The van der Waals surface area contributed by atoms with Crippen LogP contribution in [-0.2, 0) is 9.47 Å². The zero-order valence-corrected chi connectivity index (χ0v) is 17.0. The molecular formula is C18H25N3O3S2. The fraction of sp³-hybridized carbons (Fsp3) is 0.667. The van der Waals surface area contributed by atoms with E-state index in [0.717, 1.165) is 58.7 Å². The molecule has 0 aromatic carbocycles.